The number of halogens is 10. The molecule has 0 aliphatic rings. The van der Waals surface area contributed by atoms with Gasteiger partial charge in [0.25, 0.3) is 0 Å². The number of benzene rings is 2. The van der Waals surface area contributed by atoms with Crippen LogP contribution in [0, 0.1) is 58.2 Å². The first-order valence-electron chi connectivity index (χ1n) is 6.78. The molecule has 0 bridgehead atoms. The van der Waals surface area contributed by atoms with Crippen LogP contribution in [0.15, 0.2) is 12.7 Å². The van der Waals surface area contributed by atoms with Crippen LogP contribution in [0.1, 0.15) is 17.5 Å². The lowest BCUT2D eigenvalue weighted by molar-refractivity contribution is 0.0628. The molecule has 1 nitrogen and oxygen atoms in total. The van der Waals surface area contributed by atoms with Gasteiger partial charge in [0.15, 0.2) is 46.5 Å². The van der Waals surface area contributed by atoms with Crippen molar-refractivity contribution in [3.63, 3.8) is 0 Å². The van der Waals surface area contributed by atoms with Crippen LogP contribution in [0.5, 0.6) is 0 Å². The Labute approximate surface area is 144 Å². The fourth-order valence-electron chi connectivity index (χ4n) is 2.47. The smallest absolute Gasteiger partial charge is 0.200 e. The van der Waals surface area contributed by atoms with Gasteiger partial charge in [-0.2, -0.15) is 0 Å². The molecule has 0 saturated heterocycles. The molecule has 0 aromatic heterocycles. The first kappa shape index (κ1) is 20.7. The summed E-state index contributed by atoms with van der Waals surface area (Å²) in [6.45, 7) is 2.97. The monoisotopic (exact) mass is 404 g/mol. The SMILES string of the molecule is C=CCC(O)(c1c(F)c(F)c(F)c(F)c1F)c1c(F)c(F)c(F)c(F)c1F. The van der Waals surface area contributed by atoms with Crippen molar-refractivity contribution in [3.8, 4) is 0 Å². The van der Waals surface area contributed by atoms with Gasteiger partial charge in [-0.1, -0.05) is 6.08 Å². The van der Waals surface area contributed by atoms with Crippen molar-refractivity contribution in [2.24, 2.45) is 0 Å². The van der Waals surface area contributed by atoms with Crippen molar-refractivity contribution >= 4 is 0 Å². The summed E-state index contributed by atoms with van der Waals surface area (Å²) in [7, 11) is 0. The Morgan fingerprint density at radius 3 is 1.00 bits per heavy atom. The standard InChI is InChI=1S/C16H6F10O/c1-2-3-16(27,4-6(17)10(21)14(25)11(22)7(4)18)5-8(19)12(23)15(26)13(24)9(5)20/h2,27H,1,3H2. The van der Waals surface area contributed by atoms with Crippen molar-refractivity contribution in [2.45, 2.75) is 12.0 Å². The van der Waals surface area contributed by atoms with Crippen molar-refractivity contribution in [2.75, 3.05) is 0 Å². The predicted octanol–water partition coefficient (Wildman–Crippen LogP) is 4.89. The molecule has 2 rings (SSSR count). The highest BCUT2D eigenvalue weighted by Gasteiger charge is 2.46. The molecule has 0 atom stereocenters. The highest BCUT2D eigenvalue weighted by molar-refractivity contribution is 5.42. The third-order valence-corrected chi connectivity index (χ3v) is 3.69. The molecule has 0 aliphatic heterocycles. The van der Waals surface area contributed by atoms with Crippen LogP contribution >= 0.6 is 0 Å². The first-order chi connectivity index (χ1) is 12.4. The molecular weight excluding hydrogens is 398 g/mol. The third kappa shape index (κ3) is 2.85. The Morgan fingerprint density at radius 2 is 0.778 bits per heavy atom. The van der Waals surface area contributed by atoms with Gasteiger partial charge in [-0.3, -0.25) is 0 Å². The van der Waals surface area contributed by atoms with Gasteiger partial charge in [0.2, 0.25) is 11.6 Å². The third-order valence-electron chi connectivity index (χ3n) is 3.69. The van der Waals surface area contributed by atoms with Gasteiger partial charge in [-0.15, -0.1) is 6.58 Å². The normalized spacial score (nSPS) is 11.8. The zero-order chi connectivity index (χ0) is 20.8. The minimum Gasteiger partial charge on any atom is -0.380 e. The Kier molecular flexibility index (Phi) is 5.28. The Morgan fingerprint density at radius 1 is 0.556 bits per heavy atom. The van der Waals surface area contributed by atoms with E-state index in [0.29, 0.717) is 6.08 Å². The zero-order valence-corrected chi connectivity index (χ0v) is 12.7. The lowest BCUT2D eigenvalue weighted by Crippen LogP contribution is -2.34. The van der Waals surface area contributed by atoms with Crippen LogP contribution < -0.4 is 0 Å². The maximum Gasteiger partial charge on any atom is 0.200 e. The van der Waals surface area contributed by atoms with Gasteiger partial charge < -0.3 is 5.11 Å². The van der Waals surface area contributed by atoms with Crippen LogP contribution in [0.4, 0.5) is 43.9 Å². The number of hydrogen-bond donors (Lipinski definition) is 1. The van der Waals surface area contributed by atoms with E-state index in [1.165, 1.54) is 0 Å². The van der Waals surface area contributed by atoms with Crippen molar-refractivity contribution in [3.05, 3.63) is 82.0 Å². The van der Waals surface area contributed by atoms with E-state index in [1.54, 1.807) is 0 Å². The maximum absolute atomic E-state index is 14.0. The van der Waals surface area contributed by atoms with Crippen molar-refractivity contribution in [1.82, 2.24) is 0 Å². The summed E-state index contributed by atoms with van der Waals surface area (Å²) < 4.78 is 136. The summed E-state index contributed by atoms with van der Waals surface area (Å²) >= 11 is 0. The average Bonchev–Trinajstić information content (AvgIpc) is 2.62. The fraction of sp³-hybridized carbons (Fsp3) is 0.125. The van der Waals surface area contributed by atoms with Crippen LogP contribution in [0.25, 0.3) is 0 Å². The molecule has 2 aromatic carbocycles. The van der Waals surface area contributed by atoms with E-state index >= 15 is 0 Å². The number of hydrogen-bond acceptors (Lipinski definition) is 1. The molecule has 2 aromatic rings. The summed E-state index contributed by atoms with van der Waals surface area (Å²) in [5.74, 6) is -26.6. The summed E-state index contributed by atoms with van der Waals surface area (Å²) in [5, 5.41) is 10.4. The van der Waals surface area contributed by atoms with Crippen molar-refractivity contribution < 1.29 is 49.0 Å². The molecule has 11 heteroatoms. The maximum atomic E-state index is 14.0. The average molecular weight is 404 g/mol. The predicted molar refractivity (Wildman–Crippen MR) is 70.3 cm³/mol. The Hall–Kier alpha value is -2.56. The van der Waals surface area contributed by atoms with Crippen LogP contribution in [-0.2, 0) is 5.60 Å². The topological polar surface area (TPSA) is 20.2 Å². The second-order valence-electron chi connectivity index (χ2n) is 5.24. The summed E-state index contributed by atoms with van der Waals surface area (Å²) in [5.41, 5.74) is -8.28. The molecule has 1 N–H and O–H groups in total. The fourth-order valence-corrected chi connectivity index (χ4v) is 2.47. The quantitative estimate of drug-likeness (QED) is 0.333. The van der Waals surface area contributed by atoms with E-state index in [4.69, 9.17) is 0 Å². The molecule has 0 spiro atoms. The van der Waals surface area contributed by atoms with Gasteiger partial charge in [0.1, 0.15) is 5.60 Å². The molecule has 0 amide bonds. The lowest BCUT2D eigenvalue weighted by Gasteiger charge is -2.30. The molecule has 146 valence electrons. The minimum absolute atomic E-state index is 0.510. The Balaban J connectivity index is 3.06. The second-order valence-corrected chi connectivity index (χ2v) is 5.24. The summed E-state index contributed by atoms with van der Waals surface area (Å²) in [6.07, 6.45) is -0.861. The van der Waals surface area contributed by atoms with Crippen molar-refractivity contribution in [1.29, 1.82) is 0 Å². The van der Waals surface area contributed by atoms with E-state index in [9.17, 15) is 49.0 Å². The second kappa shape index (κ2) is 6.87. The zero-order valence-electron chi connectivity index (χ0n) is 12.7. The molecule has 27 heavy (non-hydrogen) atoms. The molecule has 0 heterocycles. The highest BCUT2D eigenvalue weighted by atomic mass is 19.2. The van der Waals surface area contributed by atoms with E-state index in [0.717, 1.165) is 0 Å². The van der Waals surface area contributed by atoms with Crippen LogP contribution in [0.3, 0.4) is 0 Å². The molecule has 0 aliphatic carbocycles. The lowest BCUT2D eigenvalue weighted by atomic mass is 9.81. The van der Waals surface area contributed by atoms with E-state index in [2.05, 4.69) is 6.58 Å². The van der Waals surface area contributed by atoms with Gasteiger partial charge >= 0.3 is 0 Å². The van der Waals surface area contributed by atoms with E-state index in [-0.39, 0.29) is 0 Å². The number of aliphatic hydroxyl groups is 1. The van der Waals surface area contributed by atoms with Gasteiger partial charge in [-0.05, 0) is 0 Å². The van der Waals surface area contributed by atoms with E-state index in [1.807, 2.05) is 0 Å². The summed E-state index contributed by atoms with van der Waals surface area (Å²) in [6, 6.07) is 0. The summed E-state index contributed by atoms with van der Waals surface area (Å²) in [4.78, 5) is 0. The van der Waals surface area contributed by atoms with Gasteiger partial charge in [-0.25, -0.2) is 43.9 Å². The van der Waals surface area contributed by atoms with Gasteiger partial charge in [0, 0.05) is 6.42 Å². The molecule has 0 radical (unpaired) electrons. The largest absolute Gasteiger partial charge is 0.380 e. The minimum atomic E-state index is -3.87. The van der Waals surface area contributed by atoms with Gasteiger partial charge in [0.05, 0.1) is 11.1 Å². The number of rotatable bonds is 4. The highest BCUT2D eigenvalue weighted by Crippen LogP contribution is 2.42. The molecule has 0 fully saturated rings. The van der Waals surface area contributed by atoms with Crippen LogP contribution in [-0.4, -0.2) is 5.11 Å². The van der Waals surface area contributed by atoms with Crippen LogP contribution in [0.2, 0.25) is 0 Å². The van der Waals surface area contributed by atoms with E-state index < -0.39 is 81.3 Å². The molecule has 0 saturated carbocycles. The first-order valence-corrected chi connectivity index (χ1v) is 6.78. The molecular formula is C16H6F10O. The Bertz CT molecular complexity index is 826. The molecule has 0 unspecified atom stereocenters.